The molecule has 2 nitrogen and oxygen atoms in total. The maximum Gasteiger partial charge on any atom is 0.266 e. The van der Waals surface area contributed by atoms with Gasteiger partial charge in [-0.25, -0.2) is 0 Å². The normalized spacial score (nSPS) is 17.9. The zero-order chi connectivity index (χ0) is 14.0. The molecule has 1 aliphatic rings. The fourth-order valence-corrected chi connectivity index (χ4v) is 3.21. The molecule has 0 saturated carbocycles. The van der Waals surface area contributed by atoms with Gasteiger partial charge in [-0.3, -0.25) is 9.69 Å². The smallest absolute Gasteiger partial charge is 0.266 e. The molecule has 100 valence electrons. The minimum Gasteiger partial charge on any atom is -0.293 e. The number of amides is 1. The van der Waals surface area contributed by atoms with Crippen molar-refractivity contribution in [2.45, 2.75) is 13.8 Å². The summed E-state index contributed by atoms with van der Waals surface area (Å²) in [7, 11) is 0. The van der Waals surface area contributed by atoms with Crippen LogP contribution in [0.4, 0.5) is 0 Å². The summed E-state index contributed by atoms with van der Waals surface area (Å²) in [5, 5.41) is 0.636. The Morgan fingerprint density at radius 1 is 1.42 bits per heavy atom. The molecule has 0 aliphatic carbocycles. The zero-order valence-corrected chi connectivity index (χ0v) is 13.1. The number of carbonyl (C=O) groups is 1. The minimum absolute atomic E-state index is 0.0244. The van der Waals surface area contributed by atoms with Crippen molar-refractivity contribution in [3.8, 4) is 0 Å². The quantitative estimate of drug-likeness (QED) is 0.616. The zero-order valence-electron chi connectivity index (χ0n) is 10.7. The van der Waals surface area contributed by atoms with Crippen LogP contribution in [0.5, 0.6) is 0 Å². The molecule has 1 aromatic carbocycles. The molecule has 0 radical (unpaired) electrons. The van der Waals surface area contributed by atoms with Gasteiger partial charge >= 0.3 is 0 Å². The third-order valence-electron chi connectivity index (χ3n) is 2.61. The van der Waals surface area contributed by atoms with Crippen molar-refractivity contribution in [1.29, 1.82) is 0 Å². The molecule has 1 fully saturated rings. The summed E-state index contributed by atoms with van der Waals surface area (Å²) in [4.78, 5) is 14.6. The van der Waals surface area contributed by atoms with E-state index < -0.39 is 0 Å². The van der Waals surface area contributed by atoms with E-state index >= 15 is 0 Å². The van der Waals surface area contributed by atoms with Crippen LogP contribution in [0.2, 0.25) is 5.02 Å². The van der Waals surface area contributed by atoms with Gasteiger partial charge in [-0.15, -0.1) is 0 Å². The highest BCUT2D eigenvalue weighted by molar-refractivity contribution is 8.26. The molecule has 1 aliphatic heterocycles. The molecule has 0 N–H and O–H groups in total. The van der Waals surface area contributed by atoms with Crippen LogP contribution in [0.25, 0.3) is 6.08 Å². The second kappa shape index (κ2) is 6.07. The van der Waals surface area contributed by atoms with Gasteiger partial charge in [0.25, 0.3) is 5.91 Å². The number of benzene rings is 1. The Morgan fingerprint density at radius 3 is 2.74 bits per heavy atom. The van der Waals surface area contributed by atoms with Gasteiger partial charge in [0.1, 0.15) is 4.32 Å². The minimum atomic E-state index is -0.0244. The van der Waals surface area contributed by atoms with E-state index in [1.54, 1.807) is 4.90 Å². The average molecular weight is 312 g/mol. The van der Waals surface area contributed by atoms with E-state index in [1.807, 2.05) is 30.3 Å². The molecule has 0 atom stereocenters. The maximum atomic E-state index is 12.3. The van der Waals surface area contributed by atoms with E-state index in [2.05, 4.69) is 13.8 Å². The highest BCUT2D eigenvalue weighted by Gasteiger charge is 2.32. The van der Waals surface area contributed by atoms with Gasteiger partial charge < -0.3 is 0 Å². The second-order valence-corrected chi connectivity index (χ2v) is 6.79. The van der Waals surface area contributed by atoms with Crippen LogP contribution in [0.15, 0.2) is 29.2 Å². The average Bonchev–Trinajstić information content (AvgIpc) is 2.60. The van der Waals surface area contributed by atoms with E-state index in [0.717, 1.165) is 5.56 Å². The standard InChI is InChI=1S/C14H14ClNOS2/c1-9(2)8-16-13(17)12(19-14(16)18)7-10-5-3-4-6-11(10)15/h3-7,9H,8H2,1-2H3/b12-7+. The molecule has 0 spiro atoms. The number of rotatable bonds is 3. The van der Waals surface area contributed by atoms with Gasteiger partial charge in [-0.1, -0.05) is 67.6 Å². The molecule has 2 rings (SSSR count). The number of carbonyl (C=O) groups excluding carboxylic acids is 1. The molecule has 19 heavy (non-hydrogen) atoms. The highest BCUT2D eigenvalue weighted by atomic mass is 35.5. The van der Waals surface area contributed by atoms with Gasteiger partial charge in [0, 0.05) is 11.6 Å². The van der Waals surface area contributed by atoms with Crippen molar-refractivity contribution in [3.05, 3.63) is 39.8 Å². The highest BCUT2D eigenvalue weighted by Crippen LogP contribution is 2.34. The van der Waals surface area contributed by atoms with Crippen LogP contribution in [0, 0.1) is 5.92 Å². The van der Waals surface area contributed by atoms with E-state index in [-0.39, 0.29) is 5.91 Å². The van der Waals surface area contributed by atoms with Crippen LogP contribution >= 0.6 is 35.6 Å². The predicted molar refractivity (Wildman–Crippen MR) is 86.2 cm³/mol. The fourth-order valence-electron chi connectivity index (χ4n) is 1.76. The predicted octanol–water partition coefficient (Wildman–Crippen LogP) is 4.20. The maximum absolute atomic E-state index is 12.3. The van der Waals surface area contributed by atoms with Crippen molar-refractivity contribution in [3.63, 3.8) is 0 Å². The molecule has 0 unspecified atom stereocenters. The van der Waals surface area contributed by atoms with Crippen molar-refractivity contribution < 1.29 is 4.79 Å². The Labute approximate surface area is 127 Å². The molecule has 1 heterocycles. The summed E-state index contributed by atoms with van der Waals surface area (Å²) in [6.45, 7) is 4.79. The third kappa shape index (κ3) is 3.38. The van der Waals surface area contributed by atoms with Crippen LogP contribution in [0.1, 0.15) is 19.4 Å². The molecule has 1 amide bonds. The van der Waals surface area contributed by atoms with Gasteiger partial charge in [0.2, 0.25) is 0 Å². The first-order chi connectivity index (χ1) is 8.99. The van der Waals surface area contributed by atoms with Crippen molar-refractivity contribution in [2.24, 2.45) is 5.92 Å². The summed E-state index contributed by atoms with van der Waals surface area (Å²) in [6, 6.07) is 7.45. The Morgan fingerprint density at radius 2 is 2.11 bits per heavy atom. The lowest BCUT2D eigenvalue weighted by Crippen LogP contribution is -2.31. The third-order valence-corrected chi connectivity index (χ3v) is 4.34. The topological polar surface area (TPSA) is 20.3 Å². The number of halogens is 1. The van der Waals surface area contributed by atoms with Crippen LogP contribution < -0.4 is 0 Å². The van der Waals surface area contributed by atoms with Crippen molar-refractivity contribution in [1.82, 2.24) is 4.90 Å². The molecule has 1 saturated heterocycles. The summed E-state index contributed by atoms with van der Waals surface area (Å²) in [5.74, 6) is 0.366. The second-order valence-electron chi connectivity index (χ2n) is 4.71. The summed E-state index contributed by atoms with van der Waals surface area (Å²) >= 11 is 12.7. The molecule has 5 heteroatoms. The van der Waals surface area contributed by atoms with Crippen molar-refractivity contribution >= 4 is 51.9 Å². The lowest BCUT2D eigenvalue weighted by Gasteiger charge is -2.16. The van der Waals surface area contributed by atoms with Gasteiger partial charge in [-0.2, -0.15) is 0 Å². The number of nitrogens with zero attached hydrogens (tertiary/aromatic N) is 1. The fraction of sp³-hybridized carbons (Fsp3) is 0.286. The largest absolute Gasteiger partial charge is 0.293 e. The first-order valence-corrected chi connectivity index (χ1v) is 7.59. The lowest BCUT2D eigenvalue weighted by atomic mass is 10.2. The Balaban J connectivity index is 2.26. The summed E-state index contributed by atoms with van der Waals surface area (Å²) < 4.78 is 0.622. The Bertz CT molecular complexity index is 554. The lowest BCUT2D eigenvalue weighted by molar-refractivity contribution is -0.122. The Hall–Kier alpha value is -0.840. The van der Waals surface area contributed by atoms with Crippen LogP contribution in [-0.4, -0.2) is 21.7 Å². The number of hydrogen-bond donors (Lipinski definition) is 0. The Kier molecular flexibility index (Phi) is 4.66. The van der Waals surface area contributed by atoms with Crippen LogP contribution in [-0.2, 0) is 4.79 Å². The van der Waals surface area contributed by atoms with Gasteiger partial charge in [-0.05, 0) is 23.6 Å². The molecular weight excluding hydrogens is 298 g/mol. The monoisotopic (exact) mass is 311 g/mol. The molecular formula is C14H14ClNOS2. The molecule has 0 bridgehead atoms. The van der Waals surface area contributed by atoms with Crippen LogP contribution in [0.3, 0.4) is 0 Å². The summed E-state index contributed by atoms with van der Waals surface area (Å²) in [6.07, 6.45) is 1.81. The number of hydrogen-bond acceptors (Lipinski definition) is 3. The number of thioether (sulfide) groups is 1. The number of thiocarbonyl (C=S) groups is 1. The van der Waals surface area contributed by atoms with E-state index in [9.17, 15) is 4.79 Å². The van der Waals surface area contributed by atoms with Gasteiger partial charge in [0.15, 0.2) is 0 Å². The first-order valence-electron chi connectivity index (χ1n) is 5.99. The van der Waals surface area contributed by atoms with Crippen molar-refractivity contribution in [2.75, 3.05) is 6.54 Å². The summed E-state index contributed by atoms with van der Waals surface area (Å²) in [5.41, 5.74) is 0.842. The van der Waals surface area contributed by atoms with Gasteiger partial charge in [0.05, 0.1) is 4.91 Å². The molecule has 0 aromatic heterocycles. The SMILES string of the molecule is CC(C)CN1C(=O)/C(=C\c2ccccc2Cl)SC1=S. The van der Waals surface area contributed by atoms with E-state index in [4.69, 9.17) is 23.8 Å². The molecule has 1 aromatic rings. The first kappa shape index (κ1) is 14.6. The van der Waals surface area contributed by atoms with E-state index in [0.29, 0.717) is 26.7 Å². The van der Waals surface area contributed by atoms with E-state index in [1.165, 1.54) is 11.8 Å².